The molecule has 1 aromatic carbocycles. The summed E-state index contributed by atoms with van der Waals surface area (Å²) in [4.78, 5) is 1.92. The second kappa shape index (κ2) is 5.99. The average Bonchev–Trinajstić information content (AvgIpc) is 2.30. The number of nitrogens with zero attached hydrogens (tertiary/aromatic N) is 2. The molecule has 0 aliphatic heterocycles. The van der Waals surface area contributed by atoms with Crippen LogP contribution in [0.25, 0.3) is 0 Å². The molecule has 0 saturated carbocycles. The first-order chi connectivity index (χ1) is 7.71. The van der Waals surface area contributed by atoms with Crippen LogP contribution in [-0.2, 0) is 6.54 Å². The third-order valence-corrected chi connectivity index (χ3v) is 2.28. The summed E-state index contributed by atoms with van der Waals surface area (Å²) in [5, 5.41) is 8.58. The van der Waals surface area contributed by atoms with E-state index in [1.807, 2.05) is 30.1 Å². The van der Waals surface area contributed by atoms with E-state index >= 15 is 0 Å². The van der Waals surface area contributed by atoms with Gasteiger partial charge in [0.1, 0.15) is 11.5 Å². The summed E-state index contributed by atoms with van der Waals surface area (Å²) >= 11 is 0. The molecule has 0 radical (unpaired) electrons. The van der Waals surface area contributed by atoms with Crippen LogP contribution in [0.3, 0.4) is 0 Å². The number of hydrogen-bond acceptors (Lipinski definition) is 4. The summed E-state index contributed by atoms with van der Waals surface area (Å²) in [6.07, 6.45) is 0. The predicted octanol–water partition coefficient (Wildman–Crippen LogP) is 1.66. The van der Waals surface area contributed by atoms with Gasteiger partial charge < -0.3 is 9.47 Å². The van der Waals surface area contributed by atoms with Gasteiger partial charge in [-0.25, -0.2) is 0 Å². The van der Waals surface area contributed by atoms with Crippen molar-refractivity contribution >= 4 is 0 Å². The molecule has 16 heavy (non-hydrogen) atoms. The molecule has 0 aromatic heterocycles. The van der Waals surface area contributed by atoms with Crippen molar-refractivity contribution in [3.63, 3.8) is 0 Å². The average molecular weight is 220 g/mol. The van der Waals surface area contributed by atoms with Crippen LogP contribution in [0.2, 0.25) is 0 Å². The van der Waals surface area contributed by atoms with Crippen molar-refractivity contribution in [3.05, 3.63) is 23.8 Å². The van der Waals surface area contributed by atoms with E-state index in [1.54, 1.807) is 14.2 Å². The highest BCUT2D eigenvalue weighted by molar-refractivity contribution is 5.40. The largest absolute Gasteiger partial charge is 0.497 e. The van der Waals surface area contributed by atoms with Crippen LogP contribution in [0, 0.1) is 11.3 Å². The first kappa shape index (κ1) is 12.3. The maximum atomic E-state index is 8.58. The first-order valence-electron chi connectivity index (χ1n) is 4.97. The van der Waals surface area contributed by atoms with Gasteiger partial charge in [0.2, 0.25) is 0 Å². The van der Waals surface area contributed by atoms with E-state index in [0.29, 0.717) is 13.1 Å². The lowest BCUT2D eigenvalue weighted by atomic mass is 10.2. The Morgan fingerprint density at radius 1 is 1.31 bits per heavy atom. The Hall–Kier alpha value is -1.73. The third-order valence-electron chi connectivity index (χ3n) is 2.28. The Labute approximate surface area is 96.0 Å². The van der Waals surface area contributed by atoms with Gasteiger partial charge in [-0.1, -0.05) is 6.07 Å². The summed E-state index contributed by atoms with van der Waals surface area (Å²) in [5.41, 5.74) is 1.04. The van der Waals surface area contributed by atoms with Crippen molar-refractivity contribution in [2.75, 3.05) is 27.8 Å². The molecule has 0 unspecified atom stereocenters. The Balaban J connectivity index is 2.83. The molecule has 0 amide bonds. The number of nitriles is 1. The summed E-state index contributed by atoms with van der Waals surface area (Å²) in [6, 6.07) is 7.79. The van der Waals surface area contributed by atoms with E-state index in [0.717, 1.165) is 17.1 Å². The SMILES string of the molecule is COc1ccc(CN(C)CC#N)c(OC)c1. The maximum absolute atomic E-state index is 8.58. The quantitative estimate of drug-likeness (QED) is 0.708. The molecular formula is C12H16N2O2. The summed E-state index contributed by atoms with van der Waals surface area (Å²) in [6.45, 7) is 1.08. The highest BCUT2D eigenvalue weighted by atomic mass is 16.5. The molecule has 0 atom stereocenters. The van der Waals surface area contributed by atoms with Gasteiger partial charge in [-0.3, -0.25) is 4.90 Å². The first-order valence-corrected chi connectivity index (χ1v) is 4.97. The Kier molecular flexibility index (Phi) is 4.62. The zero-order chi connectivity index (χ0) is 12.0. The summed E-state index contributed by atoms with van der Waals surface area (Å²) in [7, 11) is 5.14. The van der Waals surface area contributed by atoms with E-state index < -0.39 is 0 Å². The molecule has 0 aliphatic rings. The molecule has 0 heterocycles. The van der Waals surface area contributed by atoms with E-state index in [-0.39, 0.29) is 0 Å². The lowest BCUT2D eigenvalue weighted by Gasteiger charge is -2.15. The fourth-order valence-electron chi connectivity index (χ4n) is 1.45. The lowest BCUT2D eigenvalue weighted by Crippen LogP contribution is -2.18. The van der Waals surface area contributed by atoms with Crippen LogP contribution in [0.5, 0.6) is 11.5 Å². The topological polar surface area (TPSA) is 45.5 Å². The minimum atomic E-state index is 0.398. The van der Waals surface area contributed by atoms with Gasteiger partial charge in [0, 0.05) is 18.2 Å². The van der Waals surface area contributed by atoms with Crippen LogP contribution >= 0.6 is 0 Å². The highest BCUT2D eigenvalue weighted by Crippen LogP contribution is 2.25. The van der Waals surface area contributed by atoms with Crippen molar-refractivity contribution in [1.82, 2.24) is 4.90 Å². The number of rotatable bonds is 5. The van der Waals surface area contributed by atoms with Crippen molar-refractivity contribution in [2.24, 2.45) is 0 Å². The summed E-state index contributed by atoms with van der Waals surface area (Å²) in [5.74, 6) is 1.55. The lowest BCUT2D eigenvalue weighted by molar-refractivity contribution is 0.347. The number of hydrogen-bond donors (Lipinski definition) is 0. The highest BCUT2D eigenvalue weighted by Gasteiger charge is 2.07. The zero-order valence-electron chi connectivity index (χ0n) is 9.86. The molecule has 0 saturated heterocycles. The number of ether oxygens (including phenoxy) is 2. The standard InChI is InChI=1S/C12H16N2O2/c1-14(7-6-13)9-10-4-5-11(15-2)8-12(10)16-3/h4-5,8H,7,9H2,1-3H3. The van der Waals surface area contributed by atoms with E-state index in [2.05, 4.69) is 6.07 Å². The van der Waals surface area contributed by atoms with Gasteiger partial charge in [-0.2, -0.15) is 5.26 Å². The second-order valence-corrected chi connectivity index (χ2v) is 3.51. The molecule has 0 aliphatic carbocycles. The Morgan fingerprint density at radius 3 is 2.62 bits per heavy atom. The number of methoxy groups -OCH3 is 2. The molecule has 1 aromatic rings. The molecule has 0 fully saturated rings. The predicted molar refractivity (Wildman–Crippen MR) is 61.5 cm³/mol. The molecule has 1 rings (SSSR count). The van der Waals surface area contributed by atoms with Gasteiger partial charge in [0.25, 0.3) is 0 Å². The Morgan fingerprint density at radius 2 is 2.06 bits per heavy atom. The summed E-state index contributed by atoms with van der Waals surface area (Å²) < 4.78 is 10.4. The number of benzene rings is 1. The normalized spacial score (nSPS) is 9.94. The van der Waals surface area contributed by atoms with Crippen molar-refractivity contribution < 1.29 is 9.47 Å². The third kappa shape index (κ3) is 3.14. The molecular weight excluding hydrogens is 204 g/mol. The van der Waals surface area contributed by atoms with Crippen molar-refractivity contribution in [2.45, 2.75) is 6.54 Å². The monoisotopic (exact) mass is 220 g/mol. The minimum absolute atomic E-state index is 0.398. The van der Waals surface area contributed by atoms with Crippen LogP contribution in [0.4, 0.5) is 0 Å². The van der Waals surface area contributed by atoms with Gasteiger partial charge in [-0.05, 0) is 13.1 Å². The Bertz CT molecular complexity index is 385. The van der Waals surface area contributed by atoms with Gasteiger partial charge in [-0.15, -0.1) is 0 Å². The van der Waals surface area contributed by atoms with E-state index in [4.69, 9.17) is 14.7 Å². The maximum Gasteiger partial charge on any atom is 0.127 e. The second-order valence-electron chi connectivity index (χ2n) is 3.51. The zero-order valence-corrected chi connectivity index (χ0v) is 9.86. The van der Waals surface area contributed by atoms with E-state index in [1.165, 1.54) is 0 Å². The molecule has 4 nitrogen and oxygen atoms in total. The molecule has 4 heteroatoms. The fraction of sp³-hybridized carbons (Fsp3) is 0.417. The molecule has 0 spiro atoms. The molecule has 86 valence electrons. The van der Waals surface area contributed by atoms with E-state index in [9.17, 15) is 0 Å². The fourth-order valence-corrected chi connectivity index (χ4v) is 1.45. The molecule has 0 bridgehead atoms. The van der Waals surface area contributed by atoms with Crippen LogP contribution in [0.1, 0.15) is 5.56 Å². The van der Waals surface area contributed by atoms with Crippen LogP contribution in [0.15, 0.2) is 18.2 Å². The van der Waals surface area contributed by atoms with Crippen molar-refractivity contribution in [1.29, 1.82) is 5.26 Å². The smallest absolute Gasteiger partial charge is 0.127 e. The van der Waals surface area contributed by atoms with Crippen LogP contribution < -0.4 is 9.47 Å². The molecule has 0 N–H and O–H groups in total. The van der Waals surface area contributed by atoms with Gasteiger partial charge >= 0.3 is 0 Å². The minimum Gasteiger partial charge on any atom is -0.497 e. The van der Waals surface area contributed by atoms with Gasteiger partial charge in [0.15, 0.2) is 0 Å². The van der Waals surface area contributed by atoms with Crippen LogP contribution in [-0.4, -0.2) is 32.7 Å². The van der Waals surface area contributed by atoms with Crippen molar-refractivity contribution in [3.8, 4) is 17.6 Å². The van der Waals surface area contributed by atoms with Gasteiger partial charge in [0.05, 0.1) is 26.8 Å².